The van der Waals surface area contributed by atoms with Gasteiger partial charge < -0.3 is 10.1 Å². The summed E-state index contributed by atoms with van der Waals surface area (Å²) in [4.78, 5) is 12.2. The molecule has 1 aliphatic heterocycles. The molecular weight excluding hydrogens is 342 g/mol. The van der Waals surface area contributed by atoms with Crippen LogP contribution in [0.2, 0.25) is 5.02 Å². The molecule has 132 valence electrons. The van der Waals surface area contributed by atoms with E-state index in [0.717, 1.165) is 44.7 Å². The van der Waals surface area contributed by atoms with Crippen molar-refractivity contribution in [3.63, 3.8) is 0 Å². The van der Waals surface area contributed by atoms with Crippen LogP contribution in [0.15, 0.2) is 18.2 Å². The molecule has 25 heavy (non-hydrogen) atoms. The Kier molecular flexibility index (Phi) is 4.67. The van der Waals surface area contributed by atoms with Gasteiger partial charge in [0.15, 0.2) is 5.82 Å². The van der Waals surface area contributed by atoms with Crippen molar-refractivity contribution in [3.05, 3.63) is 29.0 Å². The fourth-order valence-corrected chi connectivity index (χ4v) is 3.28. The van der Waals surface area contributed by atoms with E-state index in [2.05, 4.69) is 20.8 Å². The predicted octanol–water partition coefficient (Wildman–Crippen LogP) is 2.95. The van der Waals surface area contributed by atoms with Crippen molar-refractivity contribution < 1.29 is 9.53 Å². The number of halogens is 1. The molecule has 1 amide bonds. The number of nitrogens with zero attached hydrogens (tertiary/aromatic N) is 4. The Bertz CT molecular complexity index is 768. The van der Waals surface area contributed by atoms with Crippen molar-refractivity contribution in [2.45, 2.75) is 38.0 Å². The highest BCUT2D eigenvalue weighted by Gasteiger charge is 2.30. The highest BCUT2D eigenvalue weighted by atomic mass is 35.5. The summed E-state index contributed by atoms with van der Waals surface area (Å²) in [6.45, 7) is 1.57. The third-order valence-electron chi connectivity index (χ3n) is 4.70. The largest absolute Gasteiger partial charge is 0.381 e. The number of amides is 1. The first-order valence-corrected chi connectivity index (χ1v) is 9.04. The first-order valence-electron chi connectivity index (χ1n) is 8.66. The second-order valence-electron chi connectivity index (χ2n) is 6.71. The van der Waals surface area contributed by atoms with Gasteiger partial charge in [0.1, 0.15) is 0 Å². The number of hydrogen-bond acceptors (Lipinski definition) is 5. The molecule has 1 N–H and O–H groups in total. The van der Waals surface area contributed by atoms with Gasteiger partial charge in [-0.3, -0.25) is 4.79 Å². The Morgan fingerprint density at radius 3 is 3.00 bits per heavy atom. The molecule has 7 nitrogen and oxygen atoms in total. The van der Waals surface area contributed by atoms with Gasteiger partial charge in [0.25, 0.3) is 0 Å². The summed E-state index contributed by atoms with van der Waals surface area (Å²) < 4.78 is 7.02. The minimum Gasteiger partial charge on any atom is -0.381 e. The quantitative estimate of drug-likeness (QED) is 0.855. The van der Waals surface area contributed by atoms with Gasteiger partial charge in [0.2, 0.25) is 5.91 Å². The minimum atomic E-state index is -0.000644. The Hall–Kier alpha value is -1.99. The molecule has 2 heterocycles. The zero-order chi connectivity index (χ0) is 17.2. The molecule has 0 bridgehead atoms. The number of hydrogen-bond donors (Lipinski definition) is 1. The lowest BCUT2D eigenvalue weighted by atomic mass is 10.0. The van der Waals surface area contributed by atoms with Crippen LogP contribution in [0.5, 0.6) is 0 Å². The first kappa shape index (κ1) is 16.5. The average molecular weight is 362 g/mol. The molecule has 1 saturated carbocycles. The van der Waals surface area contributed by atoms with Gasteiger partial charge in [-0.2, -0.15) is 4.68 Å². The molecule has 2 aliphatic rings. The number of nitrogens with one attached hydrogen (secondary N) is 1. The van der Waals surface area contributed by atoms with Crippen molar-refractivity contribution >= 4 is 23.2 Å². The normalized spacial score (nSPS) is 20.0. The molecular formula is C17H20ClN5O2. The number of tetrazole rings is 1. The Balaban J connectivity index is 1.45. The van der Waals surface area contributed by atoms with Crippen LogP contribution in [-0.4, -0.2) is 39.3 Å². The van der Waals surface area contributed by atoms with Crippen molar-refractivity contribution in [2.24, 2.45) is 5.92 Å². The zero-order valence-electron chi connectivity index (χ0n) is 13.8. The molecule has 2 aromatic rings. The summed E-state index contributed by atoms with van der Waals surface area (Å²) in [5.74, 6) is 1.72. The van der Waals surface area contributed by atoms with Crippen molar-refractivity contribution in [1.29, 1.82) is 0 Å². The van der Waals surface area contributed by atoms with Gasteiger partial charge in [-0.1, -0.05) is 11.6 Å². The first-order chi connectivity index (χ1) is 12.2. The van der Waals surface area contributed by atoms with E-state index in [9.17, 15) is 4.79 Å². The summed E-state index contributed by atoms with van der Waals surface area (Å²) in [5, 5.41) is 15.4. The Labute approximate surface area is 150 Å². The van der Waals surface area contributed by atoms with Gasteiger partial charge in [0.05, 0.1) is 10.7 Å². The number of aromatic nitrogens is 4. The highest BCUT2D eigenvalue weighted by molar-refractivity contribution is 6.32. The van der Waals surface area contributed by atoms with Crippen LogP contribution >= 0.6 is 11.6 Å². The number of carbonyl (C=O) groups excluding carboxylic acids is 1. The van der Waals surface area contributed by atoms with Gasteiger partial charge in [0, 0.05) is 31.2 Å². The van der Waals surface area contributed by atoms with Crippen molar-refractivity contribution in [3.8, 4) is 5.69 Å². The van der Waals surface area contributed by atoms with Gasteiger partial charge in [-0.05, 0) is 60.2 Å². The van der Waals surface area contributed by atoms with Crippen molar-refractivity contribution in [2.75, 3.05) is 18.5 Å². The number of ether oxygens (including phenoxy) is 1. The second-order valence-corrected chi connectivity index (χ2v) is 7.11. The smallest absolute Gasteiger partial charge is 0.224 e. The van der Waals surface area contributed by atoms with Crippen LogP contribution < -0.4 is 5.32 Å². The van der Waals surface area contributed by atoms with Crippen LogP contribution in [0.25, 0.3) is 5.69 Å². The van der Waals surface area contributed by atoms with E-state index < -0.39 is 0 Å². The summed E-state index contributed by atoms with van der Waals surface area (Å²) in [5.41, 5.74) is 1.39. The lowest BCUT2D eigenvalue weighted by Gasteiger charge is -2.11. The highest BCUT2D eigenvalue weighted by Crippen LogP contribution is 2.40. The minimum absolute atomic E-state index is 0.000644. The topological polar surface area (TPSA) is 81.9 Å². The monoisotopic (exact) mass is 361 g/mol. The summed E-state index contributed by atoms with van der Waals surface area (Å²) in [6, 6.07) is 5.38. The zero-order valence-corrected chi connectivity index (χ0v) is 14.6. The maximum atomic E-state index is 12.2. The fourth-order valence-electron chi connectivity index (χ4n) is 3.08. The van der Waals surface area contributed by atoms with E-state index in [1.54, 1.807) is 16.8 Å². The van der Waals surface area contributed by atoms with Crippen LogP contribution in [0.3, 0.4) is 0 Å². The van der Waals surface area contributed by atoms with Crippen LogP contribution in [0.4, 0.5) is 5.69 Å². The maximum absolute atomic E-state index is 12.2. The van der Waals surface area contributed by atoms with E-state index in [-0.39, 0.29) is 5.91 Å². The second kappa shape index (κ2) is 7.09. The molecule has 0 unspecified atom stereocenters. The molecule has 0 radical (unpaired) electrons. The number of rotatable bonds is 6. The molecule has 1 atom stereocenters. The van der Waals surface area contributed by atoms with Crippen LogP contribution in [-0.2, 0) is 9.53 Å². The molecule has 0 spiro atoms. The number of carbonyl (C=O) groups is 1. The summed E-state index contributed by atoms with van der Waals surface area (Å²) >= 11 is 6.33. The standard InChI is InChI=1S/C17H20ClN5O2/c18-14-5-4-13(19-16(24)6-1-11-7-8-25-10-11)9-15(14)23-17(12-2-3-12)20-21-22-23/h4-5,9,11-12H,1-3,6-8,10H2,(H,19,24)/t11-/m1/s1. The Morgan fingerprint density at radius 1 is 1.36 bits per heavy atom. The van der Waals surface area contributed by atoms with E-state index in [0.29, 0.717) is 34.7 Å². The molecule has 1 aromatic heterocycles. The van der Waals surface area contributed by atoms with E-state index in [4.69, 9.17) is 16.3 Å². The predicted molar refractivity (Wildman–Crippen MR) is 92.9 cm³/mol. The fraction of sp³-hybridized carbons (Fsp3) is 0.529. The molecule has 1 aliphatic carbocycles. The molecule has 8 heteroatoms. The van der Waals surface area contributed by atoms with E-state index in [1.165, 1.54) is 0 Å². The molecule has 1 aromatic carbocycles. The average Bonchev–Trinajstić information content (AvgIpc) is 3.11. The third kappa shape index (κ3) is 3.82. The molecule has 1 saturated heterocycles. The third-order valence-corrected chi connectivity index (χ3v) is 5.02. The van der Waals surface area contributed by atoms with Crippen molar-refractivity contribution in [1.82, 2.24) is 20.2 Å². The Morgan fingerprint density at radius 2 is 2.24 bits per heavy atom. The van der Waals surface area contributed by atoms with Crippen LogP contribution in [0, 0.1) is 5.92 Å². The molecule has 2 fully saturated rings. The SMILES string of the molecule is O=C(CC[C@@H]1CCOC1)Nc1ccc(Cl)c(-n2nnnc2C2CC2)c1. The molecule has 4 rings (SSSR count). The maximum Gasteiger partial charge on any atom is 0.224 e. The number of anilines is 1. The lowest BCUT2D eigenvalue weighted by Crippen LogP contribution is -2.14. The number of benzene rings is 1. The summed E-state index contributed by atoms with van der Waals surface area (Å²) in [6.07, 6.45) is 4.58. The lowest BCUT2D eigenvalue weighted by molar-refractivity contribution is -0.116. The van der Waals surface area contributed by atoms with Gasteiger partial charge in [-0.15, -0.1) is 5.10 Å². The summed E-state index contributed by atoms with van der Waals surface area (Å²) in [7, 11) is 0. The van der Waals surface area contributed by atoms with Crippen LogP contribution in [0.1, 0.15) is 43.8 Å². The van der Waals surface area contributed by atoms with Gasteiger partial charge in [-0.25, -0.2) is 0 Å². The van der Waals surface area contributed by atoms with Gasteiger partial charge >= 0.3 is 0 Å². The van der Waals surface area contributed by atoms with E-state index >= 15 is 0 Å². The van der Waals surface area contributed by atoms with E-state index in [1.807, 2.05) is 6.07 Å².